The van der Waals surface area contributed by atoms with Gasteiger partial charge in [-0.15, -0.1) is 5.06 Å². The van der Waals surface area contributed by atoms with E-state index in [0.717, 1.165) is 11.1 Å². The van der Waals surface area contributed by atoms with Crippen LogP contribution in [0.25, 0.3) is 0 Å². The molecular weight excluding hydrogens is 699 g/mol. The first-order chi connectivity index (χ1) is 25.1. The summed E-state index contributed by atoms with van der Waals surface area (Å²) in [4.78, 5) is 61.0. The minimum Gasteiger partial charge on any atom is -0.464 e. The number of rotatable bonds is 11. The molecule has 0 saturated carbocycles. The van der Waals surface area contributed by atoms with Crippen molar-refractivity contribution in [2.75, 3.05) is 31.1 Å². The molecule has 0 bridgehead atoms. The number of anilines is 1. The van der Waals surface area contributed by atoms with Crippen molar-refractivity contribution in [1.29, 1.82) is 0 Å². The van der Waals surface area contributed by atoms with Crippen LogP contribution in [0.5, 0.6) is 5.75 Å². The quantitative estimate of drug-likeness (QED) is 0.181. The van der Waals surface area contributed by atoms with E-state index >= 15 is 0 Å². The van der Waals surface area contributed by atoms with Crippen molar-refractivity contribution < 1.29 is 41.9 Å². The number of amides is 1. The minimum atomic E-state index is -4.01. The van der Waals surface area contributed by atoms with Crippen LogP contribution in [0, 0.1) is 12.3 Å². The van der Waals surface area contributed by atoms with E-state index in [1.165, 1.54) is 28.3 Å². The van der Waals surface area contributed by atoms with Gasteiger partial charge in [-0.25, -0.2) is 18.0 Å². The summed E-state index contributed by atoms with van der Waals surface area (Å²) in [5.41, 5.74) is 0.302. The summed E-state index contributed by atoms with van der Waals surface area (Å²) in [6.45, 7) is 11.3. The fourth-order valence-corrected chi connectivity index (χ4v) is 8.30. The molecule has 0 aromatic heterocycles. The zero-order chi connectivity index (χ0) is 38.6. The van der Waals surface area contributed by atoms with Gasteiger partial charge in [0.1, 0.15) is 17.8 Å². The molecule has 2 aliphatic heterocycles. The maximum atomic E-state index is 14.3. The van der Waals surface area contributed by atoms with Gasteiger partial charge in [-0.3, -0.25) is 14.5 Å². The van der Waals surface area contributed by atoms with Crippen LogP contribution >= 0.6 is 0 Å². The fourth-order valence-electron chi connectivity index (χ4n) is 6.65. The van der Waals surface area contributed by atoms with Crippen LogP contribution in [0.15, 0.2) is 83.8 Å². The monoisotopic (exact) mass is 747 g/mol. The van der Waals surface area contributed by atoms with Crippen molar-refractivity contribution in [3.05, 3.63) is 90.0 Å². The Morgan fingerprint density at radius 2 is 1.53 bits per heavy atom. The molecule has 0 N–H and O–H groups in total. The molecule has 2 atom stereocenters. The molecule has 0 radical (unpaired) electrons. The predicted molar refractivity (Wildman–Crippen MR) is 198 cm³/mol. The molecule has 2 heterocycles. The minimum absolute atomic E-state index is 0.0869. The summed E-state index contributed by atoms with van der Waals surface area (Å²) < 4.78 is 39.9. The Balaban J connectivity index is 1.39. The zero-order valence-electron chi connectivity index (χ0n) is 31.2. The number of carbonyl (C=O) groups is 4. The third-order valence-electron chi connectivity index (χ3n) is 9.81. The Hall–Kier alpha value is -4.59. The second-order valence-electron chi connectivity index (χ2n) is 14.6. The highest BCUT2D eigenvalue weighted by Gasteiger charge is 2.46. The van der Waals surface area contributed by atoms with E-state index < -0.39 is 50.8 Å². The smallest absolute Gasteiger partial charge is 0.330 e. The third kappa shape index (κ3) is 8.63. The number of piperidine rings is 1. The molecule has 0 spiro atoms. The molecule has 3 aromatic rings. The maximum absolute atomic E-state index is 14.3. The number of hydroxylamine groups is 2. The molecule has 3 aromatic carbocycles. The first kappa shape index (κ1) is 39.6. The summed E-state index contributed by atoms with van der Waals surface area (Å²) in [5, 5.41) is 1.59. The van der Waals surface area contributed by atoms with Crippen LogP contribution in [0.3, 0.4) is 0 Å². The van der Waals surface area contributed by atoms with E-state index in [1.807, 2.05) is 37.3 Å². The number of nitrogens with zero attached hydrogens (tertiary/aromatic N) is 3. The SMILES string of the molecule is CCOC(=O)[C@H](C)N(C(=O)[C@@H]1CCCN1S(=O)(=O)c1ccc(C)cc1)c1ccc(OC(=O)C2(c3ccccc3)CCN(OC(=O)C(C)(C)C)CC2)cc1. The Morgan fingerprint density at radius 3 is 2.11 bits per heavy atom. The van der Waals surface area contributed by atoms with E-state index in [0.29, 0.717) is 38.0 Å². The van der Waals surface area contributed by atoms with Crippen molar-refractivity contribution >= 4 is 39.5 Å². The van der Waals surface area contributed by atoms with Gasteiger partial charge in [-0.1, -0.05) is 48.0 Å². The Labute approximate surface area is 312 Å². The summed E-state index contributed by atoms with van der Waals surface area (Å²) in [6, 6.07) is 19.9. The summed E-state index contributed by atoms with van der Waals surface area (Å²) in [6.07, 6.45) is 1.43. The van der Waals surface area contributed by atoms with Gasteiger partial charge in [-0.05, 0) is 109 Å². The highest BCUT2D eigenvalue weighted by atomic mass is 32.2. The van der Waals surface area contributed by atoms with Gasteiger partial charge in [0.2, 0.25) is 15.9 Å². The molecule has 53 heavy (non-hydrogen) atoms. The maximum Gasteiger partial charge on any atom is 0.330 e. The number of ether oxygens (including phenoxy) is 2. The predicted octanol–water partition coefficient (Wildman–Crippen LogP) is 5.58. The van der Waals surface area contributed by atoms with Gasteiger partial charge in [0.05, 0.1) is 22.3 Å². The van der Waals surface area contributed by atoms with Crippen LogP contribution in [0.1, 0.15) is 71.4 Å². The van der Waals surface area contributed by atoms with Crippen molar-refractivity contribution in [1.82, 2.24) is 9.37 Å². The number of hydrogen-bond acceptors (Lipinski definition) is 10. The van der Waals surface area contributed by atoms with Gasteiger partial charge >= 0.3 is 17.9 Å². The topological polar surface area (TPSA) is 140 Å². The van der Waals surface area contributed by atoms with Crippen LogP contribution in [0.2, 0.25) is 0 Å². The highest BCUT2D eigenvalue weighted by Crippen LogP contribution is 2.38. The van der Waals surface area contributed by atoms with Gasteiger partial charge in [-0.2, -0.15) is 4.31 Å². The number of carbonyl (C=O) groups excluding carboxylic acids is 4. The standard InChI is InChI=1S/C40H49N3O9S/c1-7-50-36(45)29(3)43(35(44)34-14-11-25-42(34)53(48,49)33-21-15-28(2)16-22-33)31-17-19-32(20-18-31)51-38(47)40(30-12-9-8-10-13-30)23-26-41(27-24-40)52-37(46)39(4,5)6/h8-10,12-13,15-22,29,34H,7,11,14,23-27H2,1-6H3/t29-,34-/m0/s1. The number of sulfonamides is 1. The molecule has 2 fully saturated rings. The van der Waals surface area contributed by atoms with Gasteiger partial charge in [0.15, 0.2) is 0 Å². The number of hydrogen-bond donors (Lipinski definition) is 0. The van der Waals surface area contributed by atoms with Gasteiger partial charge in [0, 0.05) is 25.3 Å². The number of esters is 2. The normalized spacial score (nSPS) is 18.5. The fraction of sp³-hybridized carbons (Fsp3) is 0.450. The average molecular weight is 748 g/mol. The zero-order valence-corrected chi connectivity index (χ0v) is 32.1. The number of benzene rings is 3. The summed E-state index contributed by atoms with van der Waals surface area (Å²) in [5.74, 6) is -1.83. The lowest BCUT2D eigenvalue weighted by Gasteiger charge is -2.39. The Bertz CT molecular complexity index is 1880. The summed E-state index contributed by atoms with van der Waals surface area (Å²) >= 11 is 0. The molecular formula is C40H49N3O9S. The first-order valence-electron chi connectivity index (χ1n) is 18.0. The van der Waals surface area contributed by atoms with E-state index in [4.69, 9.17) is 14.3 Å². The third-order valence-corrected chi connectivity index (χ3v) is 11.7. The molecule has 2 saturated heterocycles. The summed E-state index contributed by atoms with van der Waals surface area (Å²) in [7, 11) is -4.01. The molecule has 13 heteroatoms. The van der Waals surface area contributed by atoms with Crippen LogP contribution < -0.4 is 9.64 Å². The van der Waals surface area contributed by atoms with Crippen LogP contribution in [-0.4, -0.2) is 79.9 Å². The van der Waals surface area contributed by atoms with Gasteiger partial charge in [0.25, 0.3) is 0 Å². The van der Waals surface area contributed by atoms with Crippen molar-refractivity contribution in [2.24, 2.45) is 5.41 Å². The molecule has 0 unspecified atom stereocenters. The largest absolute Gasteiger partial charge is 0.464 e. The van der Waals surface area contributed by atoms with Crippen LogP contribution in [-0.2, 0) is 44.2 Å². The molecule has 5 rings (SSSR count). The van der Waals surface area contributed by atoms with Gasteiger partial charge < -0.3 is 14.3 Å². The van der Waals surface area contributed by atoms with E-state index in [1.54, 1.807) is 69.2 Å². The van der Waals surface area contributed by atoms with Crippen molar-refractivity contribution in [3.8, 4) is 5.75 Å². The lowest BCUT2D eigenvalue weighted by Crippen LogP contribution is -2.53. The average Bonchev–Trinajstić information content (AvgIpc) is 3.64. The second-order valence-corrected chi connectivity index (χ2v) is 16.5. The molecule has 12 nitrogen and oxygen atoms in total. The van der Waals surface area contributed by atoms with Crippen LogP contribution in [0.4, 0.5) is 5.69 Å². The van der Waals surface area contributed by atoms with E-state index in [9.17, 15) is 27.6 Å². The molecule has 0 aliphatic carbocycles. The van der Waals surface area contributed by atoms with E-state index in [-0.39, 0.29) is 36.2 Å². The highest BCUT2D eigenvalue weighted by molar-refractivity contribution is 7.89. The van der Waals surface area contributed by atoms with E-state index in [2.05, 4.69) is 0 Å². The Morgan fingerprint density at radius 1 is 0.906 bits per heavy atom. The molecule has 1 amide bonds. The first-order valence-corrected chi connectivity index (χ1v) is 19.5. The molecule has 2 aliphatic rings. The lowest BCUT2D eigenvalue weighted by molar-refractivity contribution is -0.207. The lowest BCUT2D eigenvalue weighted by atomic mass is 9.73. The second kappa shape index (κ2) is 16.2. The molecule has 284 valence electrons. The Kier molecular flexibility index (Phi) is 12.1. The van der Waals surface area contributed by atoms with Crippen molar-refractivity contribution in [2.45, 2.75) is 89.6 Å². The van der Waals surface area contributed by atoms with Crippen molar-refractivity contribution in [3.63, 3.8) is 0 Å². The number of aryl methyl sites for hydroxylation is 1.